The molecule has 2 aromatic heterocycles. The molecule has 0 saturated heterocycles. The zero-order valence-corrected chi connectivity index (χ0v) is 6.65. The SMILES string of the molecule is [B]c1cc(N)c2nnc(C)n2c1. The van der Waals surface area contributed by atoms with Crippen LogP contribution in [0.25, 0.3) is 5.65 Å². The van der Waals surface area contributed by atoms with Gasteiger partial charge in [-0.1, -0.05) is 5.46 Å². The summed E-state index contributed by atoms with van der Waals surface area (Å²) in [5.41, 5.74) is 7.49. The molecule has 0 aromatic carbocycles. The summed E-state index contributed by atoms with van der Waals surface area (Å²) in [4.78, 5) is 0. The fourth-order valence-electron chi connectivity index (χ4n) is 1.15. The lowest BCUT2D eigenvalue weighted by Gasteiger charge is -1.99. The van der Waals surface area contributed by atoms with Crippen LogP contribution >= 0.6 is 0 Å². The van der Waals surface area contributed by atoms with E-state index in [0.717, 1.165) is 5.82 Å². The fourth-order valence-corrected chi connectivity index (χ4v) is 1.15. The number of fused-ring (bicyclic) bond motifs is 1. The molecule has 0 aliphatic carbocycles. The zero-order valence-electron chi connectivity index (χ0n) is 6.65. The Hall–Kier alpha value is -1.52. The molecule has 0 unspecified atom stereocenters. The summed E-state index contributed by atoms with van der Waals surface area (Å²) in [5.74, 6) is 0.781. The molecule has 5 heteroatoms. The Labute approximate surface area is 70.8 Å². The van der Waals surface area contributed by atoms with Crippen molar-refractivity contribution >= 4 is 24.6 Å². The van der Waals surface area contributed by atoms with E-state index >= 15 is 0 Å². The van der Waals surface area contributed by atoms with Crippen molar-refractivity contribution in [3.05, 3.63) is 18.1 Å². The van der Waals surface area contributed by atoms with Crippen LogP contribution in [0.3, 0.4) is 0 Å². The lowest BCUT2D eigenvalue weighted by atomic mass is 9.98. The van der Waals surface area contributed by atoms with E-state index in [9.17, 15) is 0 Å². The van der Waals surface area contributed by atoms with Crippen LogP contribution in [0.4, 0.5) is 5.69 Å². The molecule has 0 aliphatic rings. The van der Waals surface area contributed by atoms with Gasteiger partial charge < -0.3 is 5.73 Å². The molecule has 2 heterocycles. The summed E-state index contributed by atoms with van der Waals surface area (Å²) >= 11 is 0. The van der Waals surface area contributed by atoms with Crippen molar-refractivity contribution in [1.29, 1.82) is 0 Å². The van der Waals surface area contributed by atoms with E-state index in [0.29, 0.717) is 16.8 Å². The van der Waals surface area contributed by atoms with Crippen molar-refractivity contribution in [2.45, 2.75) is 6.92 Å². The van der Waals surface area contributed by atoms with Crippen LogP contribution in [-0.4, -0.2) is 22.4 Å². The molecule has 0 saturated carbocycles. The van der Waals surface area contributed by atoms with Gasteiger partial charge in [0.2, 0.25) is 0 Å². The average molecular weight is 158 g/mol. The Morgan fingerprint density at radius 2 is 2.25 bits per heavy atom. The van der Waals surface area contributed by atoms with Crippen molar-refractivity contribution in [3.63, 3.8) is 0 Å². The van der Waals surface area contributed by atoms with Gasteiger partial charge in [-0.15, -0.1) is 10.2 Å². The van der Waals surface area contributed by atoms with E-state index < -0.39 is 0 Å². The first-order valence-electron chi connectivity index (χ1n) is 3.55. The predicted octanol–water partition coefficient (Wildman–Crippen LogP) is -0.586. The van der Waals surface area contributed by atoms with E-state index in [4.69, 9.17) is 13.6 Å². The molecule has 0 aliphatic heterocycles. The summed E-state index contributed by atoms with van der Waals surface area (Å²) < 4.78 is 1.77. The Morgan fingerprint density at radius 3 is 3.00 bits per heavy atom. The summed E-state index contributed by atoms with van der Waals surface area (Å²) in [7, 11) is 5.60. The number of anilines is 1. The maximum absolute atomic E-state index is 5.67. The Morgan fingerprint density at radius 1 is 1.50 bits per heavy atom. The van der Waals surface area contributed by atoms with Crippen molar-refractivity contribution in [3.8, 4) is 0 Å². The van der Waals surface area contributed by atoms with Gasteiger partial charge in [0.15, 0.2) is 5.65 Å². The minimum atomic E-state index is 0.551. The third-order valence-electron chi connectivity index (χ3n) is 1.72. The number of nitrogens with two attached hydrogens (primary N) is 1. The number of nitrogens with zero attached hydrogens (tertiary/aromatic N) is 3. The first-order chi connectivity index (χ1) is 5.68. The molecule has 2 N–H and O–H groups in total. The van der Waals surface area contributed by atoms with Crippen LogP contribution in [0.15, 0.2) is 12.3 Å². The van der Waals surface area contributed by atoms with E-state index in [1.165, 1.54) is 0 Å². The van der Waals surface area contributed by atoms with Gasteiger partial charge in [0.25, 0.3) is 0 Å². The molecule has 0 amide bonds. The summed E-state index contributed by atoms with van der Waals surface area (Å²) in [6, 6.07) is 1.67. The highest BCUT2D eigenvalue weighted by Crippen LogP contribution is 2.08. The molecule has 4 nitrogen and oxygen atoms in total. The summed E-state index contributed by atoms with van der Waals surface area (Å²) in [6.07, 6.45) is 1.75. The minimum Gasteiger partial charge on any atom is -0.396 e. The van der Waals surface area contributed by atoms with Crippen LogP contribution in [0.2, 0.25) is 0 Å². The highest BCUT2D eigenvalue weighted by Gasteiger charge is 2.03. The van der Waals surface area contributed by atoms with Crippen LogP contribution in [-0.2, 0) is 0 Å². The maximum Gasteiger partial charge on any atom is 0.183 e. The van der Waals surface area contributed by atoms with Crippen molar-refractivity contribution < 1.29 is 0 Å². The molecule has 0 spiro atoms. The third-order valence-corrected chi connectivity index (χ3v) is 1.72. The quantitative estimate of drug-likeness (QED) is 0.521. The Kier molecular flexibility index (Phi) is 1.33. The van der Waals surface area contributed by atoms with Crippen molar-refractivity contribution in [2.75, 3.05) is 5.73 Å². The first-order valence-corrected chi connectivity index (χ1v) is 3.55. The Balaban J connectivity index is 2.92. The second kappa shape index (κ2) is 2.23. The standard InChI is InChI=1S/C7H7BN4/c1-4-10-11-7-6(9)2-5(8)3-12(4)7/h2-3H,9H2,1H3. The Bertz CT molecular complexity index is 434. The number of hydrogen-bond acceptors (Lipinski definition) is 3. The third kappa shape index (κ3) is 0.862. The predicted molar refractivity (Wildman–Crippen MR) is 47.5 cm³/mol. The second-order valence-electron chi connectivity index (χ2n) is 2.67. The number of rotatable bonds is 0. The maximum atomic E-state index is 5.67. The van der Waals surface area contributed by atoms with Gasteiger partial charge >= 0.3 is 0 Å². The number of hydrogen-bond donors (Lipinski definition) is 1. The van der Waals surface area contributed by atoms with Gasteiger partial charge in [-0.05, 0) is 13.0 Å². The average Bonchev–Trinajstić information content (AvgIpc) is 2.33. The molecule has 2 rings (SSSR count). The van der Waals surface area contributed by atoms with E-state index in [2.05, 4.69) is 10.2 Å². The number of nitrogen functional groups attached to an aromatic ring is 1. The van der Waals surface area contributed by atoms with Gasteiger partial charge in [0.1, 0.15) is 13.7 Å². The van der Waals surface area contributed by atoms with E-state index in [1.54, 1.807) is 16.7 Å². The van der Waals surface area contributed by atoms with E-state index in [1.807, 2.05) is 6.92 Å². The van der Waals surface area contributed by atoms with Crippen LogP contribution in [0.1, 0.15) is 5.82 Å². The van der Waals surface area contributed by atoms with Gasteiger partial charge in [0, 0.05) is 6.20 Å². The largest absolute Gasteiger partial charge is 0.396 e. The van der Waals surface area contributed by atoms with Crippen LogP contribution in [0, 0.1) is 6.92 Å². The second-order valence-corrected chi connectivity index (χ2v) is 2.67. The summed E-state index contributed by atoms with van der Waals surface area (Å²) in [6.45, 7) is 1.85. The highest BCUT2D eigenvalue weighted by molar-refractivity contribution is 6.32. The first kappa shape index (κ1) is 7.15. The van der Waals surface area contributed by atoms with Gasteiger partial charge in [-0.2, -0.15) is 0 Å². The van der Waals surface area contributed by atoms with E-state index in [-0.39, 0.29) is 0 Å². The highest BCUT2D eigenvalue weighted by atomic mass is 15.2. The summed E-state index contributed by atoms with van der Waals surface area (Å²) in [5, 5.41) is 7.77. The lowest BCUT2D eigenvalue weighted by Crippen LogP contribution is -2.08. The van der Waals surface area contributed by atoms with Crippen molar-refractivity contribution in [1.82, 2.24) is 14.6 Å². The molecule has 0 bridgehead atoms. The topological polar surface area (TPSA) is 56.2 Å². The monoisotopic (exact) mass is 158 g/mol. The fraction of sp³-hybridized carbons (Fsp3) is 0.143. The molecule has 12 heavy (non-hydrogen) atoms. The molecule has 0 atom stereocenters. The molecule has 58 valence electrons. The minimum absolute atomic E-state index is 0.551. The molecule has 0 fully saturated rings. The van der Waals surface area contributed by atoms with Crippen LogP contribution in [0.5, 0.6) is 0 Å². The number of pyridine rings is 1. The number of aromatic nitrogens is 3. The lowest BCUT2D eigenvalue weighted by molar-refractivity contribution is 1.01. The zero-order chi connectivity index (χ0) is 8.72. The normalized spacial score (nSPS) is 10.8. The van der Waals surface area contributed by atoms with Gasteiger partial charge in [-0.25, -0.2) is 0 Å². The molecule has 2 aromatic rings. The molecular weight excluding hydrogens is 151 g/mol. The smallest absolute Gasteiger partial charge is 0.183 e. The molecule has 2 radical (unpaired) electrons. The van der Waals surface area contributed by atoms with Gasteiger partial charge in [-0.3, -0.25) is 4.40 Å². The molecular formula is C7H7BN4. The van der Waals surface area contributed by atoms with Crippen molar-refractivity contribution in [2.24, 2.45) is 0 Å². The number of aryl methyl sites for hydroxylation is 1. The van der Waals surface area contributed by atoms with Gasteiger partial charge in [0.05, 0.1) is 5.69 Å². The van der Waals surface area contributed by atoms with Crippen LogP contribution < -0.4 is 11.2 Å².